The van der Waals surface area contributed by atoms with Crippen LogP contribution in [-0.2, 0) is 7.05 Å². The number of aryl methyl sites for hydroxylation is 1. The maximum atomic E-state index is 11.9. The molecule has 0 aromatic carbocycles. The molecule has 0 bridgehead atoms. The molecule has 0 aliphatic heterocycles. The third-order valence-electron chi connectivity index (χ3n) is 3.75. The summed E-state index contributed by atoms with van der Waals surface area (Å²) in [6, 6.07) is 0. The van der Waals surface area contributed by atoms with Crippen LogP contribution in [0.25, 0.3) is 0 Å². The molecule has 0 radical (unpaired) electrons. The summed E-state index contributed by atoms with van der Waals surface area (Å²) in [5.74, 6) is 1.64. The van der Waals surface area contributed by atoms with Gasteiger partial charge >= 0.3 is 0 Å². The monoisotopic (exact) mass is 311 g/mol. The summed E-state index contributed by atoms with van der Waals surface area (Å²) in [5.41, 5.74) is 0.918. The van der Waals surface area contributed by atoms with Crippen molar-refractivity contribution < 1.29 is 0 Å². The van der Waals surface area contributed by atoms with E-state index in [-0.39, 0.29) is 5.56 Å². The second-order valence-corrected chi connectivity index (χ2v) is 6.36. The van der Waals surface area contributed by atoms with Gasteiger partial charge in [-0.3, -0.25) is 4.79 Å². The Balaban J connectivity index is 1.87. The van der Waals surface area contributed by atoms with Crippen molar-refractivity contribution in [3.63, 3.8) is 0 Å². The molecule has 0 atom stereocenters. The predicted molar refractivity (Wildman–Crippen MR) is 74.8 cm³/mol. The van der Waals surface area contributed by atoms with Gasteiger partial charge in [0.15, 0.2) is 0 Å². The molecule has 0 saturated heterocycles. The number of anilines is 1. The van der Waals surface area contributed by atoms with E-state index in [4.69, 9.17) is 0 Å². The summed E-state index contributed by atoms with van der Waals surface area (Å²) in [7, 11) is 1.68. The van der Waals surface area contributed by atoms with Crippen LogP contribution in [0.1, 0.15) is 25.7 Å². The van der Waals surface area contributed by atoms with Gasteiger partial charge in [-0.1, -0.05) is 0 Å². The summed E-state index contributed by atoms with van der Waals surface area (Å²) >= 11 is 3.44. The summed E-state index contributed by atoms with van der Waals surface area (Å²) in [6.45, 7) is 2.15. The molecule has 2 fully saturated rings. The molecular formula is C13H18BrN3O. The van der Waals surface area contributed by atoms with Crippen LogP contribution in [0.15, 0.2) is 15.5 Å². The number of nitrogens with zero attached hydrogens (tertiary/aromatic N) is 3. The van der Waals surface area contributed by atoms with Crippen LogP contribution in [0, 0.1) is 11.8 Å². The van der Waals surface area contributed by atoms with Crippen molar-refractivity contribution >= 4 is 21.6 Å². The van der Waals surface area contributed by atoms with E-state index >= 15 is 0 Å². The number of hydrogen-bond acceptors (Lipinski definition) is 3. The van der Waals surface area contributed by atoms with E-state index in [2.05, 4.69) is 25.9 Å². The van der Waals surface area contributed by atoms with Gasteiger partial charge in [0.25, 0.3) is 5.56 Å². The minimum absolute atomic E-state index is 0.0518. The minimum atomic E-state index is -0.0518. The summed E-state index contributed by atoms with van der Waals surface area (Å²) in [6.07, 6.45) is 7.14. The molecule has 4 nitrogen and oxygen atoms in total. The van der Waals surface area contributed by atoms with E-state index in [1.807, 2.05) is 6.20 Å². The lowest BCUT2D eigenvalue weighted by atomic mass is 10.3. The van der Waals surface area contributed by atoms with Crippen LogP contribution in [0.5, 0.6) is 0 Å². The van der Waals surface area contributed by atoms with Gasteiger partial charge in [0.1, 0.15) is 4.47 Å². The molecule has 2 aliphatic carbocycles. The van der Waals surface area contributed by atoms with Crippen molar-refractivity contribution in [3.05, 3.63) is 21.0 Å². The fraction of sp³-hybridized carbons (Fsp3) is 0.692. The molecular weight excluding hydrogens is 294 g/mol. The first-order chi connectivity index (χ1) is 8.65. The van der Waals surface area contributed by atoms with E-state index < -0.39 is 0 Å². The molecule has 3 rings (SSSR count). The Hall–Kier alpha value is -0.840. The smallest absolute Gasteiger partial charge is 0.282 e. The Morgan fingerprint density at radius 1 is 1.33 bits per heavy atom. The third kappa shape index (κ3) is 2.60. The second kappa shape index (κ2) is 4.68. The van der Waals surface area contributed by atoms with Crippen molar-refractivity contribution in [1.29, 1.82) is 0 Å². The second-order valence-electron chi connectivity index (χ2n) is 5.56. The Morgan fingerprint density at radius 2 is 1.89 bits per heavy atom. The lowest BCUT2D eigenvalue weighted by molar-refractivity contribution is 0.658. The Morgan fingerprint density at radius 3 is 2.39 bits per heavy atom. The molecule has 2 saturated carbocycles. The van der Waals surface area contributed by atoms with E-state index in [1.165, 1.54) is 30.4 Å². The zero-order valence-electron chi connectivity index (χ0n) is 10.6. The normalized spacial score (nSPS) is 19.0. The van der Waals surface area contributed by atoms with E-state index in [0.717, 1.165) is 30.6 Å². The van der Waals surface area contributed by atoms with Gasteiger partial charge in [-0.2, -0.15) is 5.10 Å². The molecule has 0 spiro atoms. The first-order valence-electron chi connectivity index (χ1n) is 6.62. The lowest BCUT2D eigenvalue weighted by Crippen LogP contribution is -2.31. The maximum Gasteiger partial charge on any atom is 0.282 e. The highest BCUT2D eigenvalue weighted by Gasteiger charge is 2.30. The van der Waals surface area contributed by atoms with Crippen molar-refractivity contribution in [2.45, 2.75) is 25.7 Å². The Kier molecular flexibility index (Phi) is 3.18. The number of hydrogen-bond donors (Lipinski definition) is 0. The van der Waals surface area contributed by atoms with E-state index in [0.29, 0.717) is 4.47 Å². The molecule has 98 valence electrons. The van der Waals surface area contributed by atoms with Crippen molar-refractivity contribution in [2.24, 2.45) is 18.9 Å². The van der Waals surface area contributed by atoms with Gasteiger partial charge in [0.05, 0.1) is 11.9 Å². The topological polar surface area (TPSA) is 38.1 Å². The van der Waals surface area contributed by atoms with Gasteiger partial charge in [0, 0.05) is 20.1 Å². The third-order valence-corrected chi connectivity index (χ3v) is 4.50. The number of rotatable bonds is 5. The van der Waals surface area contributed by atoms with Crippen LogP contribution in [0.3, 0.4) is 0 Å². The minimum Gasteiger partial charge on any atom is -0.369 e. The molecule has 1 aromatic rings. The first-order valence-corrected chi connectivity index (χ1v) is 7.41. The molecule has 18 heavy (non-hydrogen) atoms. The molecule has 5 heteroatoms. The maximum absolute atomic E-state index is 11.9. The fourth-order valence-corrected chi connectivity index (χ4v) is 2.83. The van der Waals surface area contributed by atoms with Crippen LogP contribution in [-0.4, -0.2) is 22.9 Å². The van der Waals surface area contributed by atoms with Crippen molar-refractivity contribution in [2.75, 3.05) is 18.0 Å². The fourth-order valence-electron chi connectivity index (χ4n) is 2.22. The van der Waals surface area contributed by atoms with Crippen LogP contribution < -0.4 is 10.5 Å². The van der Waals surface area contributed by atoms with Crippen molar-refractivity contribution in [1.82, 2.24) is 9.78 Å². The van der Waals surface area contributed by atoms with Gasteiger partial charge < -0.3 is 4.90 Å². The quantitative estimate of drug-likeness (QED) is 0.836. The number of halogens is 1. The van der Waals surface area contributed by atoms with Crippen LogP contribution in [0.4, 0.5) is 5.69 Å². The van der Waals surface area contributed by atoms with E-state index in [1.54, 1.807) is 7.05 Å². The highest BCUT2D eigenvalue weighted by Crippen LogP contribution is 2.36. The van der Waals surface area contributed by atoms with Crippen LogP contribution in [0.2, 0.25) is 0 Å². The predicted octanol–water partition coefficient (Wildman–Crippen LogP) is 2.17. The number of aromatic nitrogens is 2. The summed E-state index contributed by atoms with van der Waals surface area (Å²) in [5, 5.41) is 4.15. The average molecular weight is 312 g/mol. The standard InChI is InChI=1S/C13H18BrN3O/c1-16-13(18)12(14)11(6-15-16)17(7-9-2-3-9)8-10-4-5-10/h6,9-10H,2-5,7-8H2,1H3. The largest absolute Gasteiger partial charge is 0.369 e. The summed E-state index contributed by atoms with van der Waals surface area (Å²) < 4.78 is 2.03. The highest BCUT2D eigenvalue weighted by atomic mass is 79.9. The van der Waals surface area contributed by atoms with Gasteiger partial charge in [-0.15, -0.1) is 0 Å². The zero-order valence-corrected chi connectivity index (χ0v) is 12.2. The van der Waals surface area contributed by atoms with Crippen LogP contribution >= 0.6 is 15.9 Å². The Bertz CT molecular complexity index is 491. The van der Waals surface area contributed by atoms with Gasteiger partial charge in [-0.05, 0) is 53.4 Å². The van der Waals surface area contributed by atoms with Gasteiger partial charge in [-0.25, -0.2) is 4.68 Å². The molecule has 1 aromatic heterocycles. The highest BCUT2D eigenvalue weighted by molar-refractivity contribution is 9.10. The first kappa shape index (κ1) is 12.2. The molecule has 0 amide bonds. The van der Waals surface area contributed by atoms with Gasteiger partial charge in [0.2, 0.25) is 0 Å². The summed E-state index contributed by atoms with van der Waals surface area (Å²) in [4.78, 5) is 14.3. The molecule has 0 N–H and O–H groups in total. The SMILES string of the molecule is Cn1ncc(N(CC2CC2)CC2CC2)c(Br)c1=O. The lowest BCUT2D eigenvalue weighted by Gasteiger charge is -2.25. The zero-order chi connectivity index (χ0) is 12.7. The Labute approximate surface area is 115 Å². The average Bonchev–Trinajstić information content (AvgIpc) is 3.21. The van der Waals surface area contributed by atoms with Crippen molar-refractivity contribution in [3.8, 4) is 0 Å². The van der Waals surface area contributed by atoms with E-state index in [9.17, 15) is 4.79 Å². The molecule has 2 aliphatic rings. The molecule has 0 unspecified atom stereocenters. The molecule has 1 heterocycles.